The molecule has 3 atom stereocenters. The van der Waals surface area contributed by atoms with Crippen molar-refractivity contribution in [2.75, 3.05) is 5.88 Å². The van der Waals surface area contributed by atoms with Gasteiger partial charge in [-0.15, -0.1) is 11.8 Å². The van der Waals surface area contributed by atoms with Crippen LogP contribution in [0.2, 0.25) is 0 Å². The van der Waals surface area contributed by atoms with Crippen molar-refractivity contribution < 1.29 is 24.2 Å². The Hall–Kier alpha value is -3.82. The van der Waals surface area contributed by atoms with Gasteiger partial charge in [-0.25, -0.2) is 4.79 Å². The van der Waals surface area contributed by atoms with Gasteiger partial charge in [0.1, 0.15) is 11.8 Å². The van der Waals surface area contributed by atoms with Crippen LogP contribution < -0.4 is 15.4 Å². The average molecular weight is 562 g/mol. The molecule has 1 fully saturated rings. The van der Waals surface area contributed by atoms with Gasteiger partial charge in [-0.05, 0) is 56.0 Å². The Morgan fingerprint density at radius 2 is 1.62 bits per heavy atom. The Labute approximate surface area is 239 Å². The second-order valence-corrected chi connectivity index (χ2v) is 11.9. The van der Waals surface area contributed by atoms with E-state index in [1.165, 1.54) is 16.7 Å². The summed E-state index contributed by atoms with van der Waals surface area (Å²) in [5.41, 5.74) is 2.87. The molecule has 0 saturated carbocycles. The number of para-hydroxylation sites is 1. The van der Waals surface area contributed by atoms with Crippen LogP contribution >= 0.6 is 11.8 Å². The van der Waals surface area contributed by atoms with Crippen molar-refractivity contribution in [2.45, 2.75) is 56.7 Å². The molecule has 3 aromatic carbocycles. The highest BCUT2D eigenvalue weighted by Crippen LogP contribution is 2.40. The van der Waals surface area contributed by atoms with Gasteiger partial charge in [0.05, 0.1) is 11.9 Å². The number of ether oxygens (including phenoxy) is 1. The number of carbonyl (C=O) groups excluding carboxylic acids is 3. The summed E-state index contributed by atoms with van der Waals surface area (Å²) in [6, 6.07) is 23.8. The molecule has 1 saturated heterocycles. The molecule has 0 spiro atoms. The molecule has 3 aromatic rings. The van der Waals surface area contributed by atoms with Gasteiger partial charge in [0, 0.05) is 11.3 Å². The van der Waals surface area contributed by atoms with E-state index >= 15 is 0 Å². The molecule has 4 rings (SSSR count). The number of thioether (sulfide) groups is 1. The SMILES string of the molecule is Cc1ccccc1CNC(=O)C1N(C(=O)C(O)C(Cc2ccccc2)NC(=O)Oc2ccccc2)CSC1(C)C. The predicted octanol–water partition coefficient (Wildman–Crippen LogP) is 4.05. The van der Waals surface area contributed by atoms with Crippen LogP contribution in [0.3, 0.4) is 0 Å². The Morgan fingerprint density at radius 3 is 2.30 bits per heavy atom. The Bertz CT molecular complexity index is 1320. The molecule has 210 valence electrons. The molecular formula is C31H35N3O5S. The minimum Gasteiger partial charge on any atom is -0.410 e. The standard InChI is InChI=1S/C31H35N3O5S/c1-21-12-10-11-15-23(21)19-32-28(36)27-31(2,3)40-20-34(27)29(37)26(35)25(18-22-13-6-4-7-14-22)33-30(38)39-24-16-8-5-9-17-24/h4-17,25-27,35H,18-20H2,1-3H3,(H,32,36)(H,33,38). The number of carbonyl (C=O) groups is 3. The molecule has 0 radical (unpaired) electrons. The maximum absolute atomic E-state index is 13.7. The number of rotatable bonds is 9. The van der Waals surface area contributed by atoms with Crippen LogP contribution in [-0.4, -0.2) is 56.7 Å². The molecule has 8 nitrogen and oxygen atoms in total. The van der Waals surface area contributed by atoms with E-state index in [1.54, 1.807) is 30.3 Å². The number of benzene rings is 3. The Kier molecular flexibility index (Phi) is 9.50. The first-order valence-corrected chi connectivity index (χ1v) is 14.2. The lowest BCUT2D eigenvalue weighted by atomic mass is 9.97. The van der Waals surface area contributed by atoms with Gasteiger partial charge in [-0.1, -0.05) is 72.8 Å². The zero-order valence-electron chi connectivity index (χ0n) is 22.9. The van der Waals surface area contributed by atoms with Crippen LogP contribution in [0, 0.1) is 6.92 Å². The summed E-state index contributed by atoms with van der Waals surface area (Å²) in [6.07, 6.45) is -2.21. The number of hydrogen-bond donors (Lipinski definition) is 3. The van der Waals surface area contributed by atoms with Crippen LogP contribution in [-0.2, 0) is 22.6 Å². The number of aliphatic hydroxyl groups is 1. The van der Waals surface area contributed by atoms with E-state index in [0.29, 0.717) is 12.3 Å². The lowest BCUT2D eigenvalue weighted by Crippen LogP contribution is -2.58. The third kappa shape index (κ3) is 7.22. The molecular weight excluding hydrogens is 526 g/mol. The van der Waals surface area contributed by atoms with E-state index in [4.69, 9.17) is 4.74 Å². The first-order chi connectivity index (χ1) is 19.2. The fourth-order valence-corrected chi connectivity index (χ4v) is 5.87. The highest BCUT2D eigenvalue weighted by atomic mass is 32.2. The van der Waals surface area contributed by atoms with Crippen LogP contribution in [0.1, 0.15) is 30.5 Å². The van der Waals surface area contributed by atoms with Crippen LogP contribution in [0.5, 0.6) is 5.75 Å². The largest absolute Gasteiger partial charge is 0.412 e. The maximum Gasteiger partial charge on any atom is 0.412 e. The molecule has 9 heteroatoms. The number of hydrogen-bond acceptors (Lipinski definition) is 6. The van der Waals surface area contributed by atoms with E-state index in [0.717, 1.165) is 16.7 Å². The van der Waals surface area contributed by atoms with E-state index in [9.17, 15) is 19.5 Å². The topological polar surface area (TPSA) is 108 Å². The third-order valence-corrected chi connectivity index (χ3v) is 8.36. The van der Waals surface area contributed by atoms with Crippen molar-refractivity contribution in [1.82, 2.24) is 15.5 Å². The minimum absolute atomic E-state index is 0.187. The van der Waals surface area contributed by atoms with E-state index < -0.39 is 34.9 Å². The fourth-order valence-electron chi connectivity index (χ4n) is 4.73. The monoisotopic (exact) mass is 561 g/mol. The number of nitrogens with zero attached hydrogens (tertiary/aromatic N) is 1. The first kappa shape index (κ1) is 29.2. The van der Waals surface area contributed by atoms with Gasteiger partial charge in [0.15, 0.2) is 6.10 Å². The maximum atomic E-state index is 13.7. The Balaban J connectivity index is 1.51. The molecule has 0 aliphatic carbocycles. The fraction of sp³-hybridized carbons (Fsp3) is 0.323. The molecule has 0 bridgehead atoms. The number of nitrogens with one attached hydrogen (secondary N) is 2. The van der Waals surface area contributed by atoms with Gasteiger partial charge < -0.3 is 25.4 Å². The average Bonchev–Trinajstić information content (AvgIpc) is 3.27. The van der Waals surface area contributed by atoms with Crippen molar-refractivity contribution in [3.8, 4) is 5.75 Å². The molecule has 0 aromatic heterocycles. The second-order valence-electron chi connectivity index (χ2n) is 10.3. The molecule has 3 N–H and O–H groups in total. The quantitative estimate of drug-likeness (QED) is 0.364. The summed E-state index contributed by atoms with van der Waals surface area (Å²) >= 11 is 1.47. The van der Waals surface area contributed by atoms with Gasteiger partial charge in [-0.2, -0.15) is 0 Å². The van der Waals surface area contributed by atoms with E-state index in [2.05, 4.69) is 10.6 Å². The summed E-state index contributed by atoms with van der Waals surface area (Å²) < 4.78 is 4.78. The lowest BCUT2D eigenvalue weighted by Gasteiger charge is -2.33. The van der Waals surface area contributed by atoms with Crippen LogP contribution in [0.4, 0.5) is 4.79 Å². The zero-order valence-corrected chi connectivity index (χ0v) is 23.7. The van der Waals surface area contributed by atoms with Gasteiger partial charge in [-0.3, -0.25) is 9.59 Å². The van der Waals surface area contributed by atoms with E-state index in [1.807, 2.05) is 75.4 Å². The summed E-state index contributed by atoms with van der Waals surface area (Å²) in [4.78, 5) is 41.3. The highest BCUT2D eigenvalue weighted by molar-refractivity contribution is 8.00. The number of aliphatic hydroxyl groups excluding tert-OH is 1. The third-order valence-electron chi connectivity index (χ3n) is 6.98. The van der Waals surface area contributed by atoms with E-state index in [-0.39, 0.29) is 18.2 Å². The number of amides is 3. The predicted molar refractivity (Wildman–Crippen MR) is 156 cm³/mol. The van der Waals surface area contributed by atoms with Gasteiger partial charge >= 0.3 is 6.09 Å². The molecule has 40 heavy (non-hydrogen) atoms. The minimum atomic E-state index is -1.61. The van der Waals surface area contributed by atoms with Crippen molar-refractivity contribution in [3.63, 3.8) is 0 Å². The van der Waals surface area contributed by atoms with Gasteiger partial charge in [0.25, 0.3) is 5.91 Å². The lowest BCUT2D eigenvalue weighted by molar-refractivity contribution is -0.147. The van der Waals surface area contributed by atoms with Crippen molar-refractivity contribution in [1.29, 1.82) is 0 Å². The van der Waals surface area contributed by atoms with Crippen molar-refractivity contribution in [3.05, 3.63) is 102 Å². The Morgan fingerprint density at radius 1 is 1.00 bits per heavy atom. The van der Waals surface area contributed by atoms with Crippen LogP contribution in [0.15, 0.2) is 84.9 Å². The molecule has 1 aliphatic rings. The van der Waals surface area contributed by atoms with Crippen molar-refractivity contribution >= 4 is 29.7 Å². The zero-order chi connectivity index (χ0) is 28.7. The summed E-state index contributed by atoms with van der Waals surface area (Å²) in [7, 11) is 0. The molecule has 3 amide bonds. The smallest absolute Gasteiger partial charge is 0.410 e. The van der Waals surface area contributed by atoms with Crippen molar-refractivity contribution in [2.24, 2.45) is 0 Å². The molecule has 3 unspecified atom stereocenters. The summed E-state index contributed by atoms with van der Waals surface area (Å²) in [5.74, 6) is -0.356. The number of aryl methyl sites for hydroxylation is 1. The normalized spacial score (nSPS) is 17.5. The highest BCUT2D eigenvalue weighted by Gasteiger charge is 2.49. The molecule has 1 aliphatic heterocycles. The summed E-state index contributed by atoms with van der Waals surface area (Å²) in [5, 5.41) is 17.0. The van der Waals surface area contributed by atoms with Crippen LogP contribution in [0.25, 0.3) is 0 Å². The van der Waals surface area contributed by atoms with Gasteiger partial charge in [0.2, 0.25) is 5.91 Å². The first-order valence-electron chi connectivity index (χ1n) is 13.2. The second kappa shape index (κ2) is 13.0. The summed E-state index contributed by atoms with van der Waals surface area (Å²) in [6.45, 7) is 6.13. The molecule has 1 heterocycles.